The van der Waals surface area contributed by atoms with Crippen LogP contribution in [-0.2, 0) is 0 Å². The molecule has 0 radical (unpaired) electrons. The predicted octanol–water partition coefficient (Wildman–Crippen LogP) is -0.316. The van der Waals surface area contributed by atoms with Crippen LogP contribution in [0.2, 0.25) is 0 Å². The van der Waals surface area contributed by atoms with Gasteiger partial charge < -0.3 is 17.2 Å². The highest BCUT2D eigenvalue weighted by Gasteiger charge is 2.05. The minimum atomic E-state index is -0.116. The Morgan fingerprint density at radius 3 is 2.80 bits per heavy atom. The van der Waals surface area contributed by atoms with Crippen LogP contribution in [0.3, 0.4) is 0 Å². The molecule has 6 N–H and O–H groups in total. The fraction of sp³-hybridized carbons (Fsp3) is 0.400. The number of nitrogens with two attached hydrogens (primary N) is 3. The van der Waals surface area contributed by atoms with Gasteiger partial charge >= 0.3 is 0 Å². The van der Waals surface area contributed by atoms with Crippen LogP contribution in [0.4, 0.5) is 5.13 Å². The van der Waals surface area contributed by atoms with E-state index in [0.29, 0.717) is 11.7 Å². The van der Waals surface area contributed by atoms with Gasteiger partial charge in [0.25, 0.3) is 0 Å². The van der Waals surface area contributed by atoms with Crippen molar-refractivity contribution in [1.29, 1.82) is 0 Å². The molecule has 10 heavy (non-hydrogen) atoms. The summed E-state index contributed by atoms with van der Waals surface area (Å²) in [5, 5.41) is 0.541. The van der Waals surface area contributed by atoms with E-state index < -0.39 is 0 Å². The summed E-state index contributed by atoms with van der Waals surface area (Å²) in [6.07, 6.45) is 1.66. The lowest BCUT2D eigenvalue weighted by Crippen LogP contribution is -2.19. The van der Waals surface area contributed by atoms with Gasteiger partial charge in [0.1, 0.15) is 0 Å². The first kappa shape index (κ1) is 7.46. The molecule has 0 aromatic carbocycles. The number of nitrogens with zero attached hydrogens (tertiary/aromatic N) is 1. The topological polar surface area (TPSA) is 91.0 Å². The van der Waals surface area contributed by atoms with Crippen molar-refractivity contribution in [1.82, 2.24) is 4.98 Å². The van der Waals surface area contributed by atoms with Gasteiger partial charge in [-0.1, -0.05) is 0 Å². The zero-order valence-corrected chi connectivity index (χ0v) is 6.27. The van der Waals surface area contributed by atoms with Gasteiger partial charge in [-0.05, 0) is 0 Å². The Hall–Kier alpha value is -0.650. The van der Waals surface area contributed by atoms with Gasteiger partial charge in [0.2, 0.25) is 0 Å². The van der Waals surface area contributed by atoms with Crippen molar-refractivity contribution in [2.45, 2.75) is 6.04 Å². The third-order valence-electron chi connectivity index (χ3n) is 1.16. The fourth-order valence-corrected chi connectivity index (χ4v) is 1.29. The molecule has 1 atom stereocenters. The summed E-state index contributed by atoms with van der Waals surface area (Å²) in [5.74, 6) is 0. The van der Waals surface area contributed by atoms with E-state index >= 15 is 0 Å². The second-order valence-corrected chi connectivity index (χ2v) is 3.04. The lowest BCUT2D eigenvalue weighted by Gasteiger charge is -2.01. The first-order chi connectivity index (χ1) is 4.74. The van der Waals surface area contributed by atoms with E-state index in [0.717, 1.165) is 4.88 Å². The minimum absolute atomic E-state index is 0.116. The summed E-state index contributed by atoms with van der Waals surface area (Å²) in [6, 6.07) is -0.116. The Morgan fingerprint density at radius 2 is 2.40 bits per heavy atom. The molecule has 0 spiro atoms. The van der Waals surface area contributed by atoms with E-state index in [2.05, 4.69) is 4.98 Å². The fourth-order valence-electron chi connectivity index (χ4n) is 0.588. The summed E-state index contributed by atoms with van der Waals surface area (Å²) < 4.78 is 0. The summed E-state index contributed by atoms with van der Waals surface area (Å²) >= 11 is 1.38. The molecule has 0 aliphatic heterocycles. The normalized spacial score (nSPS) is 13.4. The van der Waals surface area contributed by atoms with Crippen LogP contribution in [0.5, 0.6) is 0 Å². The molecule has 0 aliphatic rings. The predicted molar refractivity (Wildman–Crippen MR) is 42.5 cm³/mol. The lowest BCUT2D eigenvalue weighted by molar-refractivity contribution is 0.750. The Bertz CT molecular complexity index is 209. The summed E-state index contributed by atoms with van der Waals surface area (Å²) in [7, 11) is 0. The standard InChI is InChI=1S/C5H10N4S/c6-1-3(7)4-2-9-5(8)10-4/h2-3H,1,6-7H2,(H2,8,9). The van der Waals surface area contributed by atoms with Gasteiger partial charge in [-0.2, -0.15) is 0 Å². The van der Waals surface area contributed by atoms with E-state index in [4.69, 9.17) is 17.2 Å². The third kappa shape index (κ3) is 1.44. The lowest BCUT2D eigenvalue weighted by atomic mass is 10.3. The maximum absolute atomic E-state index is 5.60. The molecule has 0 saturated heterocycles. The third-order valence-corrected chi connectivity index (χ3v) is 2.12. The van der Waals surface area contributed by atoms with Gasteiger partial charge in [0.05, 0.1) is 6.04 Å². The van der Waals surface area contributed by atoms with Gasteiger partial charge in [-0.25, -0.2) is 4.98 Å². The number of hydrogen-bond acceptors (Lipinski definition) is 5. The van der Waals surface area contributed by atoms with Gasteiger partial charge in [0.15, 0.2) is 5.13 Å². The van der Waals surface area contributed by atoms with E-state index in [1.54, 1.807) is 6.20 Å². The summed E-state index contributed by atoms with van der Waals surface area (Å²) in [4.78, 5) is 4.79. The number of rotatable bonds is 2. The molecule has 0 aliphatic carbocycles. The number of aromatic nitrogens is 1. The molecule has 1 aromatic heterocycles. The number of nitrogen functional groups attached to an aromatic ring is 1. The van der Waals surface area contributed by atoms with Crippen molar-refractivity contribution >= 4 is 16.5 Å². The molecule has 4 nitrogen and oxygen atoms in total. The smallest absolute Gasteiger partial charge is 0.180 e. The van der Waals surface area contributed by atoms with Crippen molar-refractivity contribution < 1.29 is 0 Å². The highest BCUT2D eigenvalue weighted by atomic mass is 32.1. The first-order valence-corrected chi connectivity index (χ1v) is 3.72. The summed E-state index contributed by atoms with van der Waals surface area (Å²) in [5.41, 5.74) is 16.3. The molecule has 1 heterocycles. The molecule has 1 unspecified atom stereocenters. The summed E-state index contributed by atoms with van der Waals surface area (Å²) in [6.45, 7) is 0.432. The van der Waals surface area contributed by atoms with Crippen LogP contribution in [-0.4, -0.2) is 11.5 Å². The van der Waals surface area contributed by atoms with Crippen molar-refractivity contribution in [2.24, 2.45) is 11.5 Å². The average molecular weight is 158 g/mol. The van der Waals surface area contributed by atoms with Gasteiger partial charge in [-0.15, -0.1) is 11.3 Å². The molecule has 1 aromatic rings. The number of thiazole rings is 1. The largest absolute Gasteiger partial charge is 0.375 e. The van der Waals surface area contributed by atoms with Crippen molar-refractivity contribution in [3.63, 3.8) is 0 Å². The van der Waals surface area contributed by atoms with Crippen molar-refractivity contribution in [3.05, 3.63) is 11.1 Å². The highest BCUT2D eigenvalue weighted by Crippen LogP contribution is 2.19. The molecular weight excluding hydrogens is 148 g/mol. The zero-order valence-electron chi connectivity index (χ0n) is 5.45. The van der Waals surface area contributed by atoms with Crippen molar-refractivity contribution in [2.75, 3.05) is 12.3 Å². The molecule has 5 heteroatoms. The maximum atomic E-state index is 5.60. The van der Waals surface area contributed by atoms with E-state index in [1.165, 1.54) is 11.3 Å². The quantitative estimate of drug-likeness (QED) is 0.550. The Morgan fingerprint density at radius 1 is 1.70 bits per heavy atom. The Labute approximate surface area is 63.0 Å². The second kappa shape index (κ2) is 2.96. The Balaban J connectivity index is 2.74. The van der Waals surface area contributed by atoms with Crippen LogP contribution in [0.25, 0.3) is 0 Å². The van der Waals surface area contributed by atoms with E-state index in [-0.39, 0.29) is 6.04 Å². The van der Waals surface area contributed by atoms with Gasteiger partial charge in [0, 0.05) is 17.6 Å². The average Bonchev–Trinajstić information content (AvgIpc) is 2.34. The molecular formula is C5H10N4S. The SMILES string of the molecule is NCC(N)c1cnc(N)s1. The van der Waals surface area contributed by atoms with Gasteiger partial charge in [-0.3, -0.25) is 0 Å². The monoisotopic (exact) mass is 158 g/mol. The minimum Gasteiger partial charge on any atom is -0.375 e. The Kier molecular flexibility index (Phi) is 2.21. The van der Waals surface area contributed by atoms with Crippen LogP contribution in [0.15, 0.2) is 6.20 Å². The molecule has 0 amide bonds. The van der Waals surface area contributed by atoms with Crippen LogP contribution in [0, 0.1) is 0 Å². The molecule has 0 bridgehead atoms. The molecule has 0 fully saturated rings. The zero-order chi connectivity index (χ0) is 7.56. The molecule has 56 valence electrons. The van der Waals surface area contributed by atoms with Crippen LogP contribution >= 0.6 is 11.3 Å². The van der Waals surface area contributed by atoms with E-state index in [9.17, 15) is 0 Å². The van der Waals surface area contributed by atoms with Crippen molar-refractivity contribution in [3.8, 4) is 0 Å². The number of anilines is 1. The van der Waals surface area contributed by atoms with Crippen LogP contribution in [0.1, 0.15) is 10.9 Å². The van der Waals surface area contributed by atoms with E-state index in [1.807, 2.05) is 0 Å². The number of hydrogen-bond donors (Lipinski definition) is 3. The highest BCUT2D eigenvalue weighted by molar-refractivity contribution is 7.15. The second-order valence-electron chi connectivity index (χ2n) is 1.94. The van der Waals surface area contributed by atoms with Crippen LogP contribution < -0.4 is 17.2 Å². The first-order valence-electron chi connectivity index (χ1n) is 2.91. The maximum Gasteiger partial charge on any atom is 0.180 e. The molecule has 0 saturated carbocycles. The molecule has 1 rings (SSSR count).